The molecule has 1 aromatic carbocycles. The number of aromatic nitrogens is 4. The van der Waals surface area contributed by atoms with E-state index < -0.39 is 25.7 Å². The minimum absolute atomic E-state index is 0.0468. The summed E-state index contributed by atoms with van der Waals surface area (Å²) in [5, 5.41) is 6.86. The third-order valence-corrected chi connectivity index (χ3v) is 7.37. The molecular weight excluding hydrogens is 484 g/mol. The predicted molar refractivity (Wildman–Crippen MR) is 135 cm³/mol. The third kappa shape index (κ3) is 5.97. The van der Waals surface area contributed by atoms with Crippen molar-refractivity contribution in [3.05, 3.63) is 72.1 Å². The molecule has 0 atom stereocenters. The smallest absolute Gasteiger partial charge is 0.272 e. The Hall–Kier alpha value is -3.57. The molecule has 190 valence electrons. The number of imidazole rings is 1. The summed E-state index contributed by atoms with van der Waals surface area (Å²) in [7, 11) is 0.224. The SMILES string of the molecule is COc1cc(F)cc(CNC(=O)c2ncn3cc(-c4cnn(COCC[Si](C)(C)C)c4F)ccc23)c1. The van der Waals surface area contributed by atoms with Crippen molar-refractivity contribution >= 4 is 19.5 Å². The van der Waals surface area contributed by atoms with E-state index in [1.165, 1.54) is 36.4 Å². The lowest BCUT2D eigenvalue weighted by atomic mass is 10.1. The van der Waals surface area contributed by atoms with Gasteiger partial charge in [-0.2, -0.15) is 9.49 Å². The average Bonchev–Trinajstić information content (AvgIpc) is 3.42. The highest BCUT2D eigenvalue weighted by Gasteiger charge is 2.17. The van der Waals surface area contributed by atoms with Gasteiger partial charge in [0.25, 0.3) is 5.91 Å². The first-order valence-electron chi connectivity index (χ1n) is 11.5. The molecule has 0 radical (unpaired) electrons. The number of fused-ring (bicyclic) bond motifs is 1. The summed E-state index contributed by atoms with van der Waals surface area (Å²) in [6, 6.07) is 8.64. The highest BCUT2D eigenvalue weighted by Crippen LogP contribution is 2.24. The number of rotatable bonds is 10. The van der Waals surface area contributed by atoms with Crippen LogP contribution in [0.4, 0.5) is 8.78 Å². The Morgan fingerprint density at radius 1 is 1.17 bits per heavy atom. The zero-order valence-electron chi connectivity index (χ0n) is 20.7. The zero-order valence-corrected chi connectivity index (χ0v) is 21.7. The van der Waals surface area contributed by atoms with Crippen molar-refractivity contribution in [2.75, 3.05) is 13.7 Å². The summed E-state index contributed by atoms with van der Waals surface area (Å²) >= 11 is 0. The molecule has 4 rings (SSSR count). The molecule has 0 aliphatic carbocycles. The molecule has 0 aliphatic rings. The van der Waals surface area contributed by atoms with Gasteiger partial charge in [-0.15, -0.1) is 0 Å². The van der Waals surface area contributed by atoms with Gasteiger partial charge in [-0.05, 0) is 29.8 Å². The van der Waals surface area contributed by atoms with Gasteiger partial charge in [-0.1, -0.05) is 25.7 Å². The van der Waals surface area contributed by atoms with Crippen molar-refractivity contribution < 1.29 is 23.0 Å². The topological polar surface area (TPSA) is 82.7 Å². The average molecular weight is 514 g/mol. The number of amides is 1. The third-order valence-electron chi connectivity index (χ3n) is 5.66. The number of nitrogens with one attached hydrogen (secondary N) is 1. The van der Waals surface area contributed by atoms with Gasteiger partial charge in [0.05, 0.1) is 24.4 Å². The summed E-state index contributed by atoms with van der Waals surface area (Å²) in [6.45, 7) is 7.49. The van der Waals surface area contributed by atoms with Crippen LogP contribution in [0.1, 0.15) is 16.1 Å². The first-order chi connectivity index (χ1) is 17.1. The van der Waals surface area contributed by atoms with Crippen molar-refractivity contribution in [3.63, 3.8) is 0 Å². The first kappa shape index (κ1) is 25.5. The number of carbonyl (C=O) groups excluding carboxylic acids is 1. The Morgan fingerprint density at radius 3 is 2.72 bits per heavy atom. The molecular formula is C25H29F2N5O3Si. The molecule has 1 N–H and O–H groups in total. The largest absolute Gasteiger partial charge is 0.497 e. The number of halogens is 2. The molecule has 0 spiro atoms. The Morgan fingerprint density at radius 2 is 1.97 bits per heavy atom. The van der Waals surface area contributed by atoms with E-state index in [0.29, 0.717) is 34.6 Å². The standard InChI is InChI=1S/C25H29F2N5O3Si/c1-34-20-10-17(9-19(26)11-20)12-28-25(33)23-22-6-5-18(14-31(22)15-29-23)21-13-30-32(24(21)27)16-35-7-8-36(2,3)4/h5-6,9-11,13-15H,7-8,12,16H2,1-4H3,(H,28,33). The van der Waals surface area contributed by atoms with Crippen LogP contribution in [0.5, 0.6) is 5.75 Å². The lowest BCUT2D eigenvalue weighted by Crippen LogP contribution is -2.23. The zero-order chi connectivity index (χ0) is 25.9. The van der Waals surface area contributed by atoms with Gasteiger partial charge in [-0.25, -0.2) is 14.1 Å². The number of methoxy groups -OCH3 is 1. The van der Waals surface area contributed by atoms with Crippen LogP contribution in [0, 0.1) is 11.8 Å². The molecule has 0 saturated carbocycles. The van der Waals surface area contributed by atoms with Crippen LogP contribution in [-0.4, -0.2) is 46.9 Å². The fourth-order valence-electron chi connectivity index (χ4n) is 3.62. The summed E-state index contributed by atoms with van der Waals surface area (Å²) in [5.41, 5.74) is 2.23. The molecule has 4 aromatic rings. The van der Waals surface area contributed by atoms with Gasteiger partial charge in [0.2, 0.25) is 5.95 Å². The second-order valence-electron chi connectivity index (χ2n) is 9.68. The summed E-state index contributed by atoms with van der Waals surface area (Å²) < 4.78 is 42.2. The molecule has 0 unspecified atom stereocenters. The van der Waals surface area contributed by atoms with Crippen LogP contribution < -0.4 is 10.1 Å². The van der Waals surface area contributed by atoms with Crippen LogP contribution in [-0.2, 0) is 18.0 Å². The van der Waals surface area contributed by atoms with Crippen LogP contribution >= 0.6 is 0 Å². The quantitative estimate of drug-likeness (QED) is 0.245. The number of carbonyl (C=O) groups is 1. The van der Waals surface area contributed by atoms with Gasteiger partial charge in [-0.3, -0.25) is 4.79 Å². The highest BCUT2D eigenvalue weighted by molar-refractivity contribution is 6.76. The Labute approximate surface area is 208 Å². The molecule has 1 amide bonds. The van der Waals surface area contributed by atoms with Crippen LogP contribution in [0.25, 0.3) is 16.6 Å². The van der Waals surface area contributed by atoms with Crippen molar-refractivity contribution in [1.29, 1.82) is 0 Å². The van der Waals surface area contributed by atoms with E-state index in [4.69, 9.17) is 9.47 Å². The highest BCUT2D eigenvalue weighted by atomic mass is 28.3. The maximum absolute atomic E-state index is 15.0. The molecule has 0 saturated heterocycles. The molecule has 0 fully saturated rings. The van der Waals surface area contributed by atoms with Crippen LogP contribution in [0.2, 0.25) is 25.7 Å². The van der Waals surface area contributed by atoms with Gasteiger partial charge >= 0.3 is 0 Å². The molecule has 11 heteroatoms. The summed E-state index contributed by atoms with van der Waals surface area (Å²) in [5.74, 6) is -0.992. The van der Waals surface area contributed by atoms with Crippen molar-refractivity contribution in [3.8, 4) is 16.9 Å². The number of hydrogen-bond acceptors (Lipinski definition) is 5. The number of pyridine rings is 1. The normalized spacial score (nSPS) is 11.7. The minimum Gasteiger partial charge on any atom is -0.497 e. The van der Waals surface area contributed by atoms with Gasteiger partial charge in [0.1, 0.15) is 24.6 Å². The molecule has 3 aromatic heterocycles. The van der Waals surface area contributed by atoms with E-state index in [2.05, 4.69) is 35.0 Å². The lowest BCUT2D eigenvalue weighted by Gasteiger charge is -2.15. The van der Waals surface area contributed by atoms with E-state index >= 15 is 0 Å². The van der Waals surface area contributed by atoms with E-state index in [1.54, 1.807) is 28.8 Å². The van der Waals surface area contributed by atoms with Gasteiger partial charge in [0, 0.05) is 39.1 Å². The Kier molecular flexibility index (Phi) is 7.50. The molecule has 0 aliphatic heterocycles. The molecule has 0 bridgehead atoms. The predicted octanol–water partition coefficient (Wildman–Crippen LogP) is 4.73. The van der Waals surface area contributed by atoms with E-state index in [9.17, 15) is 13.6 Å². The number of nitrogens with zero attached hydrogens (tertiary/aromatic N) is 4. The van der Waals surface area contributed by atoms with Crippen molar-refractivity contribution in [1.82, 2.24) is 24.5 Å². The number of hydrogen-bond donors (Lipinski definition) is 1. The Balaban J connectivity index is 1.44. The van der Waals surface area contributed by atoms with Gasteiger partial charge < -0.3 is 19.2 Å². The Bertz CT molecular complexity index is 1380. The second-order valence-corrected chi connectivity index (χ2v) is 15.3. The molecule has 8 nitrogen and oxygen atoms in total. The maximum Gasteiger partial charge on any atom is 0.272 e. The monoisotopic (exact) mass is 513 g/mol. The van der Waals surface area contributed by atoms with Crippen LogP contribution in [0.3, 0.4) is 0 Å². The maximum atomic E-state index is 15.0. The minimum atomic E-state index is -1.22. The van der Waals surface area contributed by atoms with E-state index in [-0.39, 0.29) is 19.0 Å². The molecule has 36 heavy (non-hydrogen) atoms. The lowest BCUT2D eigenvalue weighted by molar-refractivity contribution is 0.0700. The summed E-state index contributed by atoms with van der Waals surface area (Å²) in [6.07, 6.45) is 4.63. The summed E-state index contributed by atoms with van der Waals surface area (Å²) in [4.78, 5) is 16.9. The fraction of sp³-hybridized carbons (Fsp3) is 0.320. The number of ether oxygens (including phenoxy) is 2. The van der Waals surface area contributed by atoms with Crippen LogP contribution in [0.15, 0.2) is 49.1 Å². The van der Waals surface area contributed by atoms with E-state index in [1.807, 2.05) is 0 Å². The van der Waals surface area contributed by atoms with Crippen molar-refractivity contribution in [2.24, 2.45) is 0 Å². The molecule has 3 heterocycles. The van der Waals surface area contributed by atoms with Crippen molar-refractivity contribution in [2.45, 2.75) is 39.0 Å². The number of benzene rings is 1. The van der Waals surface area contributed by atoms with E-state index in [0.717, 1.165) is 6.04 Å². The first-order valence-corrected chi connectivity index (χ1v) is 15.2. The van der Waals surface area contributed by atoms with Gasteiger partial charge in [0.15, 0.2) is 5.69 Å². The fourth-order valence-corrected chi connectivity index (χ4v) is 4.38. The second kappa shape index (κ2) is 10.6.